The molecule has 0 saturated heterocycles. The van der Waals surface area contributed by atoms with Crippen LogP contribution < -0.4 is 19.5 Å². The van der Waals surface area contributed by atoms with Crippen molar-refractivity contribution in [3.63, 3.8) is 0 Å². The highest BCUT2D eigenvalue weighted by Crippen LogP contribution is 2.39. The van der Waals surface area contributed by atoms with Crippen molar-refractivity contribution in [2.24, 2.45) is 0 Å². The van der Waals surface area contributed by atoms with Gasteiger partial charge in [0.05, 0.1) is 32.5 Å². The molecule has 1 aliphatic rings. The van der Waals surface area contributed by atoms with Crippen LogP contribution in [0, 0.1) is 0 Å². The van der Waals surface area contributed by atoms with Crippen LogP contribution in [0.3, 0.4) is 0 Å². The van der Waals surface area contributed by atoms with E-state index in [9.17, 15) is 0 Å². The van der Waals surface area contributed by atoms with Crippen LogP contribution in [-0.2, 0) is 13.1 Å². The van der Waals surface area contributed by atoms with Crippen molar-refractivity contribution in [3.8, 4) is 34.2 Å². The Balaban J connectivity index is 1.67. The Morgan fingerprint density at radius 1 is 0.794 bits per heavy atom. The number of fused-ring (bicyclic) bond motifs is 4. The molecule has 1 aliphatic heterocycles. The zero-order valence-electron chi connectivity index (χ0n) is 19.3. The predicted molar refractivity (Wildman–Crippen MR) is 132 cm³/mol. The van der Waals surface area contributed by atoms with Crippen molar-refractivity contribution in [2.75, 3.05) is 21.3 Å². The van der Waals surface area contributed by atoms with Gasteiger partial charge in [-0.3, -0.25) is 4.98 Å². The summed E-state index contributed by atoms with van der Waals surface area (Å²) in [6, 6.07) is 18.4. The molecular formula is C27H24N4O3. The molecular weight excluding hydrogens is 428 g/mol. The fraction of sp³-hybridized carbons (Fsp3) is 0.185. The topological polar surface area (TPSA) is 70.4 Å². The number of ether oxygens (including phenoxy) is 3. The Morgan fingerprint density at radius 2 is 1.62 bits per heavy atom. The van der Waals surface area contributed by atoms with Gasteiger partial charge in [-0.15, -0.1) is 0 Å². The van der Waals surface area contributed by atoms with Crippen molar-refractivity contribution in [1.29, 1.82) is 0 Å². The third-order valence-corrected chi connectivity index (χ3v) is 6.44. The van der Waals surface area contributed by atoms with E-state index in [0.29, 0.717) is 11.5 Å². The molecule has 0 spiro atoms. The van der Waals surface area contributed by atoms with Crippen LogP contribution in [0.1, 0.15) is 11.1 Å². The Kier molecular flexibility index (Phi) is 4.85. The molecule has 7 heteroatoms. The number of methoxy groups -OCH3 is 3. The lowest BCUT2D eigenvalue weighted by atomic mass is 10.1. The first-order valence-electron chi connectivity index (χ1n) is 11.1. The maximum absolute atomic E-state index is 5.60. The van der Waals surface area contributed by atoms with Gasteiger partial charge in [-0.25, -0.2) is 4.68 Å². The molecule has 0 atom stereocenters. The maximum atomic E-state index is 5.60. The fourth-order valence-corrected chi connectivity index (χ4v) is 4.75. The van der Waals surface area contributed by atoms with Crippen LogP contribution in [0.4, 0.5) is 0 Å². The van der Waals surface area contributed by atoms with Gasteiger partial charge in [0.15, 0.2) is 11.5 Å². The number of benzene rings is 3. The van der Waals surface area contributed by atoms with Gasteiger partial charge < -0.3 is 19.5 Å². The largest absolute Gasteiger partial charge is 0.494 e. The average molecular weight is 453 g/mol. The van der Waals surface area contributed by atoms with Crippen LogP contribution >= 0.6 is 0 Å². The molecule has 0 aliphatic carbocycles. The van der Waals surface area contributed by atoms with E-state index in [0.717, 1.165) is 57.6 Å². The molecule has 1 N–H and O–H groups in total. The summed E-state index contributed by atoms with van der Waals surface area (Å²) < 4.78 is 18.6. The summed E-state index contributed by atoms with van der Waals surface area (Å²) >= 11 is 0. The average Bonchev–Trinajstić information content (AvgIpc) is 3.52. The summed E-state index contributed by atoms with van der Waals surface area (Å²) in [5, 5.41) is 10.5. The molecule has 3 aromatic carbocycles. The minimum Gasteiger partial charge on any atom is -0.494 e. The molecule has 0 unspecified atom stereocenters. The molecule has 0 saturated carbocycles. The summed E-state index contributed by atoms with van der Waals surface area (Å²) in [4.78, 5) is 4.76. The third kappa shape index (κ3) is 3.08. The first kappa shape index (κ1) is 20.5. The molecule has 6 rings (SSSR count). The molecule has 5 aromatic rings. The number of para-hydroxylation sites is 1. The van der Waals surface area contributed by atoms with Gasteiger partial charge >= 0.3 is 0 Å². The van der Waals surface area contributed by atoms with Gasteiger partial charge in [-0.05, 0) is 47.5 Å². The Labute approximate surface area is 196 Å². The van der Waals surface area contributed by atoms with Crippen molar-refractivity contribution in [3.05, 3.63) is 71.9 Å². The quantitative estimate of drug-likeness (QED) is 0.410. The van der Waals surface area contributed by atoms with Crippen molar-refractivity contribution >= 4 is 21.8 Å². The summed E-state index contributed by atoms with van der Waals surface area (Å²) in [7, 11) is 4.94. The number of nitrogens with one attached hydrogen (secondary N) is 1. The Morgan fingerprint density at radius 3 is 2.44 bits per heavy atom. The lowest BCUT2D eigenvalue weighted by molar-refractivity contribution is 0.355. The van der Waals surface area contributed by atoms with Gasteiger partial charge in [0.1, 0.15) is 17.0 Å². The second-order valence-electron chi connectivity index (χ2n) is 8.26. The lowest BCUT2D eigenvalue weighted by Crippen LogP contribution is -2.00. The van der Waals surface area contributed by atoms with Gasteiger partial charge in [0.25, 0.3) is 0 Å². The van der Waals surface area contributed by atoms with Gasteiger partial charge in [0.2, 0.25) is 0 Å². The number of rotatable bonds is 5. The van der Waals surface area contributed by atoms with Crippen LogP contribution in [-0.4, -0.2) is 36.1 Å². The number of pyridine rings is 1. The van der Waals surface area contributed by atoms with Crippen LogP contribution in [0.25, 0.3) is 38.8 Å². The molecule has 0 fully saturated rings. The van der Waals surface area contributed by atoms with E-state index in [-0.39, 0.29) is 0 Å². The van der Waals surface area contributed by atoms with Gasteiger partial charge in [0, 0.05) is 35.6 Å². The van der Waals surface area contributed by atoms with E-state index in [2.05, 4.69) is 29.6 Å². The van der Waals surface area contributed by atoms with E-state index in [1.54, 1.807) is 21.3 Å². The summed E-state index contributed by atoms with van der Waals surface area (Å²) in [6.45, 7) is 1.76. The summed E-state index contributed by atoms with van der Waals surface area (Å²) in [6.07, 6.45) is 1.88. The van der Waals surface area contributed by atoms with E-state index in [4.69, 9.17) is 24.3 Å². The molecule has 0 amide bonds. The third-order valence-electron chi connectivity index (χ3n) is 6.44. The molecule has 2 aromatic heterocycles. The SMILES string of the molecule is COc1ccc(-c2nn(-c3ccc4c(c3)CNC4)c3c2cnc2c(OC)cccc23)cc1OC. The Hall–Kier alpha value is -4.10. The summed E-state index contributed by atoms with van der Waals surface area (Å²) in [5.41, 5.74) is 7.17. The summed E-state index contributed by atoms with van der Waals surface area (Å²) in [5.74, 6) is 2.06. The van der Waals surface area contributed by atoms with Crippen molar-refractivity contribution < 1.29 is 14.2 Å². The zero-order chi connectivity index (χ0) is 23.2. The van der Waals surface area contributed by atoms with Crippen LogP contribution in [0.5, 0.6) is 17.2 Å². The first-order chi connectivity index (χ1) is 16.7. The minimum absolute atomic E-state index is 0.654. The predicted octanol–water partition coefficient (Wildman–Crippen LogP) is 4.87. The molecule has 3 heterocycles. The molecule has 7 nitrogen and oxygen atoms in total. The van der Waals surface area contributed by atoms with Crippen molar-refractivity contribution in [2.45, 2.75) is 13.1 Å². The smallest absolute Gasteiger partial charge is 0.161 e. The number of hydrogen-bond donors (Lipinski definition) is 1. The zero-order valence-corrected chi connectivity index (χ0v) is 19.3. The maximum Gasteiger partial charge on any atom is 0.161 e. The van der Waals surface area contributed by atoms with Crippen LogP contribution in [0.2, 0.25) is 0 Å². The molecule has 0 radical (unpaired) electrons. The fourth-order valence-electron chi connectivity index (χ4n) is 4.75. The number of aromatic nitrogens is 3. The second-order valence-corrected chi connectivity index (χ2v) is 8.26. The Bertz CT molecular complexity index is 1560. The van der Waals surface area contributed by atoms with E-state index >= 15 is 0 Å². The number of hydrogen-bond acceptors (Lipinski definition) is 6. The molecule has 170 valence electrons. The van der Waals surface area contributed by atoms with E-state index in [1.165, 1.54) is 11.1 Å². The normalized spacial score (nSPS) is 12.8. The van der Waals surface area contributed by atoms with Crippen molar-refractivity contribution in [1.82, 2.24) is 20.1 Å². The van der Waals surface area contributed by atoms with Gasteiger partial charge in [-0.2, -0.15) is 5.10 Å². The first-order valence-corrected chi connectivity index (χ1v) is 11.1. The standard InChI is InChI=1S/C27H24N4O3/c1-32-22-10-8-16(12-24(22)34-3)25-21-15-29-26-20(5-4-6-23(26)33-2)27(21)31(30-25)19-9-7-17-13-28-14-18(17)11-19/h4-12,15,28H,13-14H2,1-3H3. The minimum atomic E-state index is 0.654. The monoisotopic (exact) mass is 452 g/mol. The lowest BCUT2D eigenvalue weighted by Gasteiger charge is -2.09. The highest BCUT2D eigenvalue weighted by molar-refractivity contribution is 6.10. The van der Waals surface area contributed by atoms with E-state index in [1.807, 2.05) is 41.2 Å². The van der Waals surface area contributed by atoms with E-state index < -0.39 is 0 Å². The number of nitrogens with zero attached hydrogens (tertiary/aromatic N) is 3. The highest BCUT2D eigenvalue weighted by atomic mass is 16.5. The highest BCUT2D eigenvalue weighted by Gasteiger charge is 2.20. The van der Waals surface area contributed by atoms with Gasteiger partial charge in [-0.1, -0.05) is 18.2 Å². The molecule has 34 heavy (non-hydrogen) atoms. The molecule has 0 bridgehead atoms. The second kappa shape index (κ2) is 8.04. The van der Waals surface area contributed by atoms with Crippen LogP contribution in [0.15, 0.2) is 60.8 Å².